The Hall–Kier alpha value is -1.59. The molecule has 1 N–H and O–H groups in total. The quantitative estimate of drug-likeness (QED) is 0.885. The van der Waals surface area contributed by atoms with Gasteiger partial charge in [0.15, 0.2) is 0 Å². The van der Waals surface area contributed by atoms with Crippen LogP contribution in [-0.2, 0) is 0 Å². The highest BCUT2D eigenvalue weighted by atomic mass is 35.5. The SMILES string of the molecule is O=C(c1ccc(Cl)cc1Cl)N1CCN(CC(O)c2ccccc2)CC1. The van der Waals surface area contributed by atoms with Gasteiger partial charge in [-0.1, -0.05) is 53.5 Å². The molecule has 1 heterocycles. The van der Waals surface area contributed by atoms with Crippen LogP contribution < -0.4 is 0 Å². The van der Waals surface area contributed by atoms with Gasteiger partial charge in [-0.3, -0.25) is 9.69 Å². The molecule has 4 nitrogen and oxygen atoms in total. The Kier molecular flexibility index (Phi) is 5.97. The lowest BCUT2D eigenvalue weighted by Crippen LogP contribution is -2.49. The van der Waals surface area contributed by atoms with Gasteiger partial charge < -0.3 is 10.0 Å². The van der Waals surface area contributed by atoms with Crippen LogP contribution in [-0.4, -0.2) is 53.5 Å². The maximum atomic E-state index is 12.6. The largest absolute Gasteiger partial charge is 0.387 e. The molecule has 0 aliphatic carbocycles. The predicted molar refractivity (Wildman–Crippen MR) is 100 cm³/mol. The molecule has 1 amide bonds. The third-order valence-corrected chi connectivity index (χ3v) is 4.98. The fraction of sp³-hybridized carbons (Fsp3) is 0.316. The second-order valence-corrected chi connectivity index (χ2v) is 6.99. The van der Waals surface area contributed by atoms with Crippen molar-refractivity contribution in [1.29, 1.82) is 0 Å². The first-order valence-corrected chi connectivity index (χ1v) is 9.00. The highest BCUT2D eigenvalue weighted by Crippen LogP contribution is 2.23. The molecular weight excluding hydrogens is 359 g/mol. The van der Waals surface area contributed by atoms with Gasteiger partial charge >= 0.3 is 0 Å². The number of aliphatic hydroxyl groups is 1. The average Bonchev–Trinajstić information content (AvgIpc) is 2.62. The predicted octanol–water partition coefficient (Wildman–Crippen LogP) is 3.48. The van der Waals surface area contributed by atoms with Gasteiger partial charge in [-0.05, 0) is 23.8 Å². The average molecular weight is 379 g/mol. The summed E-state index contributed by atoms with van der Waals surface area (Å²) in [4.78, 5) is 16.6. The molecule has 2 aromatic carbocycles. The Morgan fingerprint density at radius 3 is 2.36 bits per heavy atom. The lowest BCUT2D eigenvalue weighted by Gasteiger charge is -2.35. The van der Waals surface area contributed by atoms with E-state index in [1.165, 1.54) is 0 Å². The van der Waals surface area contributed by atoms with E-state index in [9.17, 15) is 9.90 Å². The first kappa shape index (κ1) is 18.2. The summed E-state index contributed by atoms with van der Waals surface area (Å²) in [5.41, 5.74) is 1.39. The van der Waals surface area contributed by atoms with Gasteiger partial charge in [-0.25, -0.2) is 0 Å². The van der Waals surface area contributed by atoms with Crippen LogP contribution in [0.25, 0.3) is 0 Å². The Labute approximate surface area is 157 Å². The minimum Gasteiger partial charge on any atom is -0.387 e. The summed E-state index contributed by atoms with van der Waals surface area (Å²) in [5.74, 6) is -0.0788. The third-order valence-electron chi connectivity index (χ3n) is 4.44. The summed E-state index contributed by atoms with van der Waals surface area (Å²) in [6, 6.07) is 14.5. The van der Waals surface area contributed by atoms with E-state index < -0.39 is 6.10 Å². The van der Waals surface area contributed by atoms with Crippen molar-refractivity contribution in [2.24, 2.45) is 0 Å². The molecule has 1 fully saturated rings. The Balaban J connectivity index is 1.55. The van der Waals surface area contributed by atoms with E-state index in [2.05, 4.69) is 4.90 Å². The summed E-state index contributed by atoms with van der Waals surface area (Å²) in [6.07, 6.45) is -0.519. The number of halogens is 2. The van der Waals surface area contributed by atoms with Crippen LogP contribution in [0.4, 0.5) is 0 Å². The molecule has 0 bridgehead atoms. The number of aliphatic hydroxyl groups excluding tert-OH is 1. The molecule has 132 valence electrons. The van der Waals surface area contributed by atoms with E-state index >= 15 is 0 Å². The highest BCUT2D eigenvalue weighted by molar-refractivity contribution is 6.36. The molecular formula is C19H20Cl2N2O2. The number of amides is 1. The van der Waals surface area contributed by atoms with Crippen molar-refractivity contribution in [2.45, 2.75) is 6.10 Å². The lowest BCUT2D eigenvalue weighted by atomic mass is 10.1. The van der Waals surface area contributed by atoms with E-state index in [-0.39, 0.29) is 5.91 Å². The third kappa shape index (κ3) is 4.53. The van der Waals surface area contributed by atoms with Crippen LogP contribution in [0, 0.1) is 0 Å². The molecule has 1 aliphatic rings. The van der Waals surface area contributed by atoms with Crippen LogP contribution in [0.15, 0.2) is 48.5 Å². The van der Waals surface area contributed by atoms with Gasteiger partial charge in [0.25, 0.3) is 5.91 Å². The monoisotopic (exact) mass is 378 g/mol. The van der Waals surface area contributed by atoms with Gasteiger partial charge in [-0.2, -0.15) is 0 Å². The van der Waals surface area contributed by atoms with Crippen molar-refractivity contribution in [3.63, 3.8) is 0 Å². The van der Waals surface area contributed by atoms with E-state index in [0.29, 0.717) is 35.2 Å². The maximum Gasteiger partial charge on any atom is 0.255 e. The number of piperazine rings is 1. The number of hydrogen-bond donors (Lipinski definition) is 1. The molecule has 6 heteroatoms. The number of hydrogen-bond acceptors (Lipinski definition) is 3. The fourth-order valence-corrected chi connectivity index (χ4v) is 3.48. The summed E-state index contributed by atoms with van der Waals surface area (Å²) >= 11 is 12.0. The molecule has 1 unspecified atom stereocenters. The summed E-state index contributed by atoms with van der Waals surface area (Å²) in [7, 11) is 0. The van der Waals surface area contributed by atoms with Gasteiger partial charge in [0.2, 0.25) is 0 Å². The number of carbonyl (C=O) groups excluding carboxylic acids is 1. The zero-order valence-electron chi connectivity index (χ0n) is 13.7. The van der Waals surface area contributed by atoms with Crippen LogP contribution in [0.2, 0.25) is 10.0 Å². The van der Waals surface area contributed by atoms with Crippen molar-refractivity contribution < 1.29 is 9.90 Å². The smallest absolute Gasteiger partial charge is 0.255 e. The standard InChI is InChI=1S/C19H20Cl2N2O2/c20-15-6-7-16(17(21)12-15)19(25)23-10-8-22(9-11-23)13-18(24)14-4-2-1-3-5-14/h1-7,12,18,24H,8-11,13H2. The molecule has 2 aromatic rings. The van der Waals surface area contributed by atoms with Crippen molar-refractivity contribution in [2.75, 3.05) is 32.7 Å². The van der Waals surface area contributed by atoms with E-state index in [0.717, 1.165) is 18.7 Å². The number of carbonyl (C=O) groups is 1. The second-order valence-electron chi connectivity index (χ2n) is 6.14. The van der Waals surface area contributed by atoms with Crippen LogP contribution in [0.3, 0.4) is 0 Å². The summed E-state index contributed by atoms with van der Waals surface area (Å²) in [6.45, 7) is 3.23. The van der Waals surface area contributed by atoms with Crippen LogP contribution in [0.5, 0.6) is 0 Å². The zero-order valence-corrected chi connectivity index (χ0v) is 15.2. The number of rotatable bonds is 4. The van der Waals surface area contributed by atoms with Crippen molar-refractivity contribution in [3.05, 3.63) is 69.7 Å². The second kappa shape index (κ2) is 8.19. The van der Waals surface area contributed by atoms with Gasteiger partial charge in [0, 0.05) is 37.7 Å². The molecule has 1 saturated heterocycles. The molecule has 3 rings (SSSR count). The minimum absolute atomic E-state index is 0.0788. The van der Waals surface area contributed by atoms with Gasteiger partial charge in [-0.15, -0.1) is 0 Å². The molecule has 1 aliphatic heterocycles. The Bertz CT molecular complexity index is 731. The molecule has 0 aromatic heterocycles. The first-order chi connectivity index (χ1) is 12.0. The van der Waals surface area contributed by atoms with Crippen molar-refractivity contribution in [3.8, 4) is 0 Å². The maximum absolute atomic E-state index is 12.6. The Morgan fingerprint density at radius 1 is 1.04 bits per heavy atom. The highest BCUT2D eigenvalue weighted by Gasteiger charge is 2.24. The lowest BCUT2D eigenvalue weighted by molar-refractivity contribution is 0.0527. The van der Waals surface area contributed by atoms with E-state index in [1.54, 1.807) is 23.1 Å². The van der Waals surface area contributed by atoms with Gasteiger partial charge in [0.05, 0.1) is 16.7 Å². The number of nitrogens with zero attached hydrogens (tertiary/aromatic N) is 2. The van der Waals surface area contributed by atoms with Crippen LogP contribution in [0.1, 0.15) is 22.0 Å². The van der Waals surface area contributed by atoms with E-state index in [4.69, 9.17) is 23.2 Å². The minimum atomic E-state index is -0.519. The molecule has 0 radical (unpaired) electrons. The molecule has 25 heavy (non-hydrogen) atoms. The van der Waals surface area contributed by atoms with Crippen molar-refractivity contribution in [1.82, 2.24) is 9.80 Å². The normalized spacial score (nSPS) is 16.7. The molecule has 0 saturated carbocycles. The summed E-state index contributed by atoms with van der Waals surface area (Å²) < 4.78 is 0. The number of benzene rings is 2. The van der Waals surface area contributed by atoms with Crippen molar-refractivity contribution >= 4 is 29.1 Å². The fourth-order valence-electron chi connectivity index (χ4n) is 2.99. The Morgan fingerprint density at radius 2 is 1.72 bits per heavy atom. The van der Waals surface area contributed by atoms with Gasteiger partial charge in [0.1, 0.15) is 0 Å². The molecule has 1 atom stereocenters. The van der Waals surface area contributed by atoms with E-state index in [1.807, 2.05) is 30.3 Å². The topological polar surface area (TPSA) is 43.8 Å². The first-order valence-electron chi connectivity index (χ1n) is 8.24. The summed E-state index contributed by atoms with van der Waals surface area (Å²) in [5, 5.41) is 11.2. The zero-order chi connectivity index (χ0) is 17.8. The molecule has 0 spiro atoms. The van der Waals surface area contributed by atoms with Crippen LogP contribution >= 0.6 is 23.2 Å². The number of β-amino-alcohol motifs (C(OH)–C–C–N with tert-alkyl or cyclic N) is 1.